The van der Waals surface area contributed by atoms with Crippen LogP contribution in [0.1, 0.15) is 10.4 Å². The van der Waals surface area contributed by atoms with Crippen LogP contribution in [0.2, 0.25) is 0 Å². The standard InChI is InChI=1S/C20H20N4O3S/c1-24-17(13-7-9-14(27-2)10-8-13)11-22-20(24)28-12-18(25)23-16-6-4-3-5-15(16)19(21)26/h3-11H,12H2,1-2H3,(H2,21,26)(H,23,25). The van der Waals surface area contributed by atoms with E-state index in [1.54, 1.807) is 37.6 Å². The van der Waals surface area contributed by atoms with Crippen LogP contribution in [0.3, 0.4) is 0 Å². The van der Waals surface area contributed by atoms with Crippen molar-refractivity contribution >= 4 is 29.3 Å². The van der Waals surface area contributed by atoms with Crippen LogP contribution < -0.4 is 15.8 Å². The zero-order chi connectivity index (χ0) is 20.1. The van der Waals surface area contributed by atoms with E-state index in [9.17, 15) is 9.59 Å². The van der Waals surface area contributed by atoms with Crippen molar-refractivity contribution in [2.24, 2.45) is 12.8 Å². The molecule has 7 nitrogen and oxygen atoms in total. The van der Waals surface area contributed by atoms with Crippen molar-refractivity contribution in [3.05, 3.63) is 60.3 Å². The van der Waals surface area contributed by atoms with Crippen molar-refractivity contribution in [1.29, 1.82) is 0 Å². The molecule has 0 aliphatic rings. The fraction of sp³-hybridized carbons (Fsp3) is 0.150. The molecule has 2 aromatic carbocycles. The molecule has 0 atom stereocenters. The lowest BCUT2D eigenvalue weighted by atomic mass is 10.1. The molecule has 8 heteroatoms. The van der Waals surface area contributed by atoms with Crippen LogP contribution in [-0.2, 0) is 11.8 Å². The Kier molecular flexibility index (Phi) is 6.00. The molecule has 0 saturated heterocycles. The van der Waals surface area contributed by atoms with Gasteiger partial charge < -0.3 is 20.4 Å². The number of imidazole rings is 1. The summed E-state index contributed by atoms with van der Waals surface area (Å²) in [6.07, 6.45) is 1.77. The number of nitrogens with zero attached hydrogens (tertiary/aromatic N) is 2. The molecule has 0 fully saturated rings. The Balaban J connectivity index is 1.66. The van der Waals surface area contributed by atoms with Crippen LogP contribution in [0, 0.1) is 0 Å². The predicted molar refractivity (Wildman–Crippen MR) is 110 cm³/mol. The van der Waals surface area contributed by atoms with Gasteiger partial charge in [0, 0.05) is 12.6 Å². The number of benzene rings is 2. The summed E-state index contributed by atoms with van der Waals surface area (Å²) in [5, 5.41) is 3.43. The first-order chi connectivity index (χ1) is 13.5. The molecule has 2 amide bonds. The van der Waals surface area contributed by atoms with E-state index in [0.717, 1.165) is 17.0 Å². The lowest BCUT2D eigenvalue weighted by Crippen LogP contribution is -2.19. The van der Waals surface area contributed by atoms with Gasteiger partial charge in [-0.3, -0.25) is 9.59 Å². The number of nitrogens with two attached hydrogens (primary N) is 1. The van der Waals surface area contributed by atoms with Gasteiger partial charge >= 0.3 is 0 Å². The smallest absolute Gasteiger partial charge is 0.250 e. The Hall–Kier alpha value is -3.26. The number of carbonyl (C=O) groups is 2. The highest BCUT2D eigenvalue weighted by Gasteiger charge is 2.13. The molecule has 0 unspecified atom stereocenters. The third-order valence-electron chi connectivity index (χ3n) is 4.13. The second-order valence-corrected chi connectivity index (χ2v) is 6.90. The third kappa shape index (κ3) is 4.34. The summed E-state index contributed by atoms with van der Waals surface area (Å²) < 4.78 is 7.11. The molecule has 0 radical (unpaired) electrons. The van der Waals surface area contributed by atoms with E-state index < -0.39 is 5.91 Å². The monoisotopic (exact) mass is 396 g/mol. The largest absolute Gasteiger partial charge is 0.497 e. The fourth-order valence-electron chi connectivity index (χ4n) is 2.68. The first kappa shape index (κ1) is 19.5. The van der Waals surface area contributed by atoms with Crippen molar-refractivity contribution in [1.82, 2.24) is 9.55 Å². The van der Waals surface area contributed by atoms with Crippen molar-refractivity contribution in [2.45, 2.75) is 5.16 Å². The van der Waals surface area contributed by atoms with E-state index in [1.807, 2.05) is 35.9 Å². The number of anilines is 1. The van der Waals surface area contributed by atoms with Crippen molar-refractivity contribution in [2.75, 3.05) is 18.2 Å². The molecule has 0 spiro atoms. The van der Waals surface area contributed by atoms with E-state index in [-0.39, 0.29) is 17.2 Å². The van der Waals surface area contributed by atoms with Gasteiger partial charge in [0.1, 0.15) is 5.75 Å². The summed E-state index contributed by atoms with van der Waals surface area (Å²) in [5.74, 6) is 0.109. The van der Waals surface area contributed by atoms with Gasteiger partial charge in [0.05, 0.1) is 36.0 Å². The number of primary amides is 1. The normalized spacial score (nSPS) is 10.5. The minimum atomic E-state index is -0.586. The molecule has 0 bridgehead atoms. The fourth-order valence-corrected chi connectivity index (χ4v) is 3.43. The van der Waals surface area contributed by atoms with Gasteiger partial charge in [0.25, 0.3) is 5.91 Å². The number of nitrogens with one attached hydrogen (secondary N) is 1. The summed E-state index contributed by atoms with van der Waals surface area (Å²) in [5.41, 5.74) is 7.95. The van der Waals surface area contributed by atoms with Gasteiger partial charge in [0.2, 0.25) is 5.91 Å². The number of hydrogen-bond acceptors (Lipinski definition) is 5. The number of para-hydroxylation sites is 1. The summed E-state index contributed by atoms with van der Waals surface area (Å²) in [6.45, 7) is 0. The molecule has 1 aromatic heterocycles. The molecule has 0 aliphatic carbocycles. The average molecular weight is 396 g/mol. The molecule has 1 heterocycles. The average Bonchev–Trinajstić information content (AvgIpc) is 3.07. The van der Waals surface area contributed by atoms with Gasteiger partial charge in [-0.2, -0.15) is 0 Å². The first-order valence-corrected chi connectivity index (χ1v) is 9.45. The third-order valence-corrected chi connectivity index (χ3v) is 5.17. The van der Waals surface area contributed by atoms with Crippen molar-refractivity contribution in [3.8, 4) is 17.0 Å². The summed E-state index contributed by atoms with van der Waals surface area (Å²) in [6, 6.07) is 14.3. The highest BCUT2D eigenvalue weighted by Crippen LogP contribution is 2.26. The van der Waals surface area contributed by atoms with Gasteiger partial charge in [-0.15, -0.1) is 0 Å². The molecule has 3 N–H and O–H groups in total. The second kappa shape index (κ2) is 8.62. The number of ether oxygens (including phenoxy) is 1. The maximum absolute atomic E-state index is 12.3. The second-order valence-electron chi connectivity index (χ2n) is 5.96. The van der Waals surface area contributed by atoms with Crippen molar-refractivity contribution < 1.29 is 14.3 Å². The Morgan fingerprint density at radius 3 is 2.57 bits per heavy atom. The van der Waals surface area contributed by atoms with E-state index in [4.69, 9.17) is 10.5 Å². The number of carbonyl (C=O) groups excluding carboxylic acids is 2. The van der Waals surface area contributed by atoms with E-state index in [2.05, 4.69) is 10.3 Å². The highest BCUT2D eigenvalue weighted by molar-refractivity contribution is 7.99. The van der Waals surface area contributed by atoms with E-state index in [0.29, 0.717) is 10.8 Å². The topological polar surface area (TPSA) is 99.2 Å². The van der Waals surface area contributed by atoms with Crippen LogP contribution in [-0.4, -0.2) is 34.2 Å². The van der Waals surface area contributed by atoms with E-state index in [1.165, 1.54) is 11.8 Å². The zero-order valence-corrected chi connectivity index (χ0v) is 16.3. The summed E-state index contributed by atoms with van der Waals surface area (Å²) in [7, 11) is 3.52. The highest BCUT2D eigenvalue weighted by atomic mass is 32.2. The first-order valence-electron chi connectivity index (χ1n) is 8.47. The zero-order valence-electron chi connectivity index (χ0n) is 15.5. The van der Waals surface area contributed by atoms with Crippen LogP contribution in [0.5, 0.6) is 5.75 Å². The Morgan fingerprint density at radius 1 is 1.18 bits per heavy atom. The van der Waals surface area contributed by atoms with Crippen LogP contribution in [0.25, 0.3) is 11.3 Å². The van der Waals surface area contributed by atoms with E-state index >= 15 is 0 Å². The predicted octanol–water partition coefficient (Wildman–Crippen LogP) is 2.93. The maximum Gasteiger partial charge on any atom is 0.250 e. The molecule has 144 valence electrons. The maximum atomic E-state index is 12.3. The van der Waals surface area contributed by atoms with Crippen LogP contribution >= 0.6 is 11.8 Å². The van der Waals surface area contributed by atoms with Gasteiger partial charge in [-0.1, -0.05) is 23.9 Å². The molecular formula is C20H20N4O3S. The molecule has 3 rings (SSSR count). The lowest BCUT2D eigenvalue weighted by Gasteiger charge is -2.09. The number of hydrogen-bond donors (Lipinski definition) is 2. The minimum Gasteiger partial charge on any atom is -0.497 e. The number of aromatic nitrogens is 2. The summed E-state index contributed by atoms with van der Waals surface area (Å²) >= 11 is 1.31. The van der Waals surface area contributed by atoms with Gasteiger partial charge in [-0.05, 0) is 36.4 Å². The lowest BCUT2D eigenvalue weighted by molar-refractivity contribution is -0.113. The molecule has 0 aliphatic heterocycles. The van der Waals surface area contributed by atoms with Crippen LogP contribution in [0.4, 0.5) is 5.69 Å². The van der Waals surface area contributed by atoms with Gasteiger partial charge in [-0.25, -0.2) is 4.98 Å². The Morgan fingerprint density at radius 2 is 1.89 bits per heavy atom. The Labute approximate surface area is 166 Å². The molecule has 0 saturated carbocycles. The Bertz CT molecular complexity index is 999. The minimum absolute atomic E-state index is 0.153. The number of rotatable bonds is 7. The molecule has 28 heavy (non-hydrogen) atoms. The number of methoxy groups -OCH3 is 1. The van der Waals surface area contributed by atoms with Gasteiger partial charge in [0.15, 0.2) is 5.16 Å². The molecular weight excluding hydrogens is 376 g/mol. The summed E-state index contributed by atoms with van der Waals surface area (Å²) in [4.78, 5) is 28.1. The molecule has 3 aromatic rings. The van der Waals surface area contributed by atoms with Crippen molar-refractivity contribution in [3.63, 3.8) is 0 Å². The quantitative estimate of drug-likeness (QED) is 0.598. The number of thioether (sulfide) groups is 1. The SMILES string of the molecule is COc1ccc(-c2cnc(SCC(=O)Nc3ccccc3C(N)=O)n2C)cc1. The van der Waals surface area contributed by atoms with Crippen LogP contribution in [0.15, 0.2) is 59.9 Å². The number of amides is 2.